The molecule has 142 valence electrons. The fourth-order valence-electron chi connectivity index (χ4n) is 5.96. The molecule has 0 aromatic heterocycles. The van der Waals surface area contributed by atoms with Gasteiger partial charge in [-0.3, -0.25) is 4.79 Å². The molecule has 0 aliphatic heterocycles. The zero-order valence-electron chi connectivity index (χ0n) is 16.1. The first-order valence-corrected chi connectivity index (χ1v) is 11.1. The van der Waals surface area contributed by atoms with Crippen LogP contribution in [0.1, 0.15) is 50.1 Å². The molecule has 1 aromatic carbocycles. The van der Waals surface area contributed by atoms with E-state index in [2.05, 4.69) is 48.6 Å². The largest absolute Gasteiger partial charge is 0.353 e. The lowest BCUT2D eigenvalue weighted by Crippen LogP contribution is -2.49. The Labute approximate surface area is 162 Å². The van der Waals surface area contributed by atoms with Crippen molar-refractivity contribution in [1.82, 2.24) is 10.2 Å². The lowest BCUT2D eigenvalue weighted by molar-refractivity contribution is -0.118. The maximum absolute atomic E-state index is 12.5. The van der Waals surface area contributed by atoms with Crippen LogP contribution in [0.4, 0.5) is 0 Å². The van der Waals surface area contributed by atoms with Crippen molar-refractivity contribution in [1.29, 1.82) is 0 Å². The number of hydrogen-bond donors (Lipinski definition) is 1. The Kier molecular flexibility index (Phi) is 5.34. The fourth-order valence-corrected chi connectivity index (χ4v) is 7.56. The minimum Gasteiger partial charge on any atom is -0.353 e. The van der Waals surface area contributed by atoms with Gasteiger partial charge in [-0.25, -0.2) is 0 Å². The molecule has 3 nitrogen and oxygen atoms in total. The third kappa shape index (κ3) is 3.96. The number of benzene rings is 1. The van der Waals surface area contributed by atoms with Crippen LogP contribution in [-0.2, 0) is 4.79 Å². The average molecular weight is 373 g/mol. The van der Waals surface area contributed by atoms with Crippen LogP contribution >= 0.6 is 11.8 Å². The summed E-state index contributed by atoms with van der Waals surface area (Å²) in [5.74, 6) is 3.68. The van der Waals surface area contributed by atoms with Gasteiger partial charge >= 0.3 is 0 Å². The number of thioether (sulfide) groups is 1. The Morgan fingerprint density at radius 2 is 1.69 bits per heavy atom. The first kappa shape index (κ1) is 18.4. The number of likely N-dealkylation sites (N-methyl/N-ethyl adjacent to an activating group) is 1. The zero-order valence-corrected chi connectivity index (χ0v) is 16.9. The quantitative estimate of drug-likeness (QED) is 0.782. The van der Waals surface area contributed by atoms with E-state index in [1.807, 2.05) is 17.8 Å². The molecular weight excluding hydrogens is 340 g/mol. The summed E-state index contributed by atoms with van der Waals surface area (Å²) in [4.78, 5) is 14.7. The monoisotopic (exact) mass is 372 g/mol. The second-order valence-corrected chi connectivity index (χ2v) is 10.5. The number of rotatable bonds is 7. The van der Waals surface area contributed by atoms with Gasteiger partial charge in [0.1, 0.15) is 0 Å². The normalized spacial score (nSPS) is 33.4. The molecule has 4 aliphatic carbocycles. The highest BCUT2D eigenvalue weighted by atomic mass is 32.2. The Bertz CT molecular complexity index is 595. The predicted octanol–water partition coefficient (Wildman–Crippen LogP) is 4.11. The van der Waals surface area contributed by atoms with Crippen molar-refractivity contribution in [3.8, 4) is 0 Å². The maximum Gasteiger partial charge on any atom is 0.230 e. The number of carbonyl (C=O) groups excluding carboxylic acids is 1. The van der Waals surface area contributed by atoms with E-state index < -0.39 is 0 Å². The van der Waals surface area contributed by atoms with E-state index in [9.17, 15) is 4.79 Å². The summed E-state index contributed by atoms with van der Waals surface area (Å²) < 4.78 is 0.423. The molecule has 1 atom stereocenters. The van der Waals surface area contributed by atoms with Crippen molar-refractivity contribution in [3.05, 3.63) is 35.9 Å². The van der Waals surface area contributed by atoms with Crippen LogP contribution in [0.2, 0.25) is 0 Å². The number of hydrogen-bond acceptors (Lipinski definition) is 3. The first-order valence-electron chi connectivity index (χ1n) is 10.1. The van der Waals surface area contributed by atoms with Crippen LogP contribution in [0, 0.1) is 17.8 Å². The number of nitrogens with zero attached hydrogens (tertiary/aromatic N) is 1. The predicted molar refractivity (Wildman–Crippen MR) is 109 cm³/mol. The SMILES string of the molecule is CN(C)[C@H](CNC(=O)CSC12CC3CC(CC(C3)C1)C2)c1ccccc1. The molecule has 4 fully saturated rings. The number of nitrogens with one attached hydrogen (secondary N) is 1. The smallest absolute Gasteiger partial charge is 0.230 e. The van der Waals surface area contributed by atoms with Gasteiger partial charge in [0.05, 0.1) is 11.8 Å². The van der Waals surface area contributed by atoms with Crippen LogP contribution in [0.3, 0.4) is 0 Å². The van der Waals surface area contributed by atoms with Gasteiger partial charge in [0.25, 0.3) is 0 Å². The Morgan fingerprint density at radius 1 is 1.12 bits per heavy atom. The topological polar surface area (TPSA) is 32.3 Å². The third-order valence-corrected chi connectivity index (χ3v) is 8.31. The van der Waals surface area contributed by atoms with E-state index >= 15 is 0 Å². The summed E-state index contributed by atoms with van der Waals surface area (Å²) in [6, 6.07) is 10.7. The highest BCUT2D eigenvalue weighted by molar-refractivity contribution is 8.01. The average Bonchev–Trinajstić information content (AvgIpc) is 2.60. The van der Waals surface area contributed by atoms with Crippen molar-refractivity contribution in [2.24, 2.45) is 17.8 Å². The molecule has 1 aromatic rings. The summed E-state index contributed by atoms with van der Waals surface area (Å²) in [5, 5.41) is 3.19. The van der Waals surface area contributed by atoms with E-state index in [4.69, 9.17) is 0 Å². The lowest BCUT2D eigenvalue weighted by atomic mass is 9.56. The van der Waals surface area contributed by atoms with Gasteiger partial charge in [-0.15, -0.1) is 11.8 Å². The van der Waals surface area contributed by atoms with E-state index in [1.165, 1.54) is 44.1 Å². The first-order chi connectivity index (χ1) is 12.5. The summed E-state index contributed by atoms with van der Waals surface area (Å²) in [6.45, 7) is 0.678. The molecule has 0 heterocycles. The van der Waals surface area contributed by atoms with Gasteiger partial charge in [0.2, 0.25) is 5.91 Å². The molecule has 0 radical (unpaired) electrons. The van der Waals surface area contributed by atoms with Gasteiger partial charge < -0.3 is 10.2 Å². The van der Waals surface area contributed by atoms with Gasteiger partial charge in [0.15, 0.2) is 0 Å². The molecule has 1 amide bonds. The molecule has 0 saturated heterocycles. The number of amides is 1. The summed E-state index contributed by atoms with van der Waals surface area (Å²) >= 11 is 1.97. The molecule has 4 saturated carbocycles. The van der Waals surface area contributed by atoms with Gasteiger partial charge in [-0.1, -0.05) is 30.3 Å². The zero-order chi connectivity index (χ0) is 18.1. The molecular formula is C22H32N2OS. The van der Waals surface area contributed by atoms with Crippen molar-refractivity contribution >= 4 is 17.7 Å². The van der Waals surface area contributed by atoms with E-state index in [-0.39, 0.29) is 11.9 Å². The van der Waals surface area contributed by atoms with Crippen LogP contribution < -0.4 is 5.32 Å². The molecule has 5 rings (SSSR count). The second-order valence-electron chi connectivity index (χ2n) is 9.08. The van der Waals surface area contributed by atoms with E-state index in [1.54, 1.807) is 0 Å². The minimum absolute atomic E-state index is 0.202. The van der Waals surface area contributed by atoms with Gasteiger partial charge in [-0.05, 0) is 75.9 Å². The Balaban J connectivity index is 1.29. The second kappa shape index (κ2) is 7.55. The third-order valence-electron chi connectivity index (χ3n) is 6.79. The lowest BCUT2D eigenvalue weighted by Gasteiger charge is -2.56. The van der Waals surface area contributed by atoms with Crippen LogP contribution in [0.15, 0.2) is 30.3 Å². The van der Waals surface area contributed by atoms with Crippen LogP contribution in [-0.4, -0.2) is 41.9 Å². The molecule has 0 unspecified atom stereocenters. The van der Waals surface area contributed by atoms with Crippen LogP contribution in [0.25, 0.3) is 0 Å². The molecule has 4 aliphatic rings. The highest BCUT2D eigenvalue weighted by Gasteiger charge is 2.51. The highest BCUT2D eigenvalue weighted by Crippen LogP contribution is 2.60. The van der Waals surface area contributed by atoms with Crippen LogP contribution in [0.5, 0.6) is 0 Å². The number of carbonyl (C=O) groups is 1. The van der Waals surface area contributed by atoms with Crippen molar-refractivity contribution in [2.45, 2.75) is 49.3 Å². The molecule has 26 heavy (non-hydrogen) atoms. The summed E-state index contributed by atoms with van der Waals surface area (Å²) in [6.07, 6.45) is 8.48. The van der Waals surface area contributed by atoms with Crippen molar-refractivity contribution in [3.63, 3.8) is 0 Å². The van der Waals surface area contributed by atoms with E-state index in [0.29, 0.717) is 17.0 Å². The minimum atomic E-state index is 0.202. The maximum atomic E-state index is 12.5. The summed E-state index contributed by atoms with van der Waals surface area (Å²) in [5.41, 5.74) is 1.26. The molecule has 4 heteroatoms. The van der Waals surface area contributed by atoms with Gasteiger partial charge in [0, 0.05) is 11.3 Å². The fraction of sp³-hybridized carbons (Fsp3) is 0.682. The Hall–Kier alpha value is -1.00. The van der Waals surface area contributed by atoms with E-state index in [0.717, 1.165) is 17.8 Å². The molecule has 4 bridgehead atoms. The molecule has 1 N–H and O–H groups in total. The summed E-state index contributed by atoms with van der Waals surface area (Å²) in [7, 11) is 4.15. The van der Waals surface area contributed by atoms with Crippen molar-refractivity contribution < 1.29 is 4.79 Å². The van der Waals surface area contributed by atoms with Crippen molar-refractivity contribution in [2.75, 3.05) is 26.4 Å². The van der Waals surface area contributed by atoms with Gasteiger partial charge in [-0.2, -0.15) is 0 Å². The molecule has 0 spiro atoms. The standard InChI is InChI=1S/C22H32N2OS/c1-24(2)20(19-6-4-3-5-7-19)14-23-21(25)15-26-22-11-16-8-17(12-22)10-18(9-16)13-22/h3-7,16-18,20H,8-15H2,1-2H3,(H,23,25)/t16?,17?,18?,20-,22?/m1/s1. The Morgan fingerprint density at radius 3 is 2.23 bits per heavy atom.